The van der Waals surface area contributed by atoms with Gasteiger partial charge in [-0.25, -0.2) is 0 Å². The van der Waals surface area contributed by atoms with Crippen molar-refractivity contribution in [3.05, 3.63) is 83.2 Å². The maximum Gasteiger partial charge on any atom is 0.416 e. The van der Waals surface area contributed by atoms with Crippen LogP contribution in [0.2, 0.25) is 0 Å². The number of rotatable bonds is 3. The molecule has 0 bridgehead atoms. The maximum absolute atomic E-state index is 13.1. The highest BCUT2D eigenvalue weighted by molar-refractivity contribution is 5.44. The molecule has 2 aliphatic rings. The fourth-order valence-corrected chi connectivity index (χ4v) is 4.47. The molecule has 0 saturated carbocycles. The lowest BCUT2D eigenvalue weighted by atomic mass is 9.99. The average molecular weight is 428 g/mol. The molecule has 0 aliphatic carbocycles. The molecule has 0 spiro atoms. The minimum absolute atomic E-state index is 0.131. The van der Waals surface area contributed by atoms with Crippen molar-refractivity contribution in [2.24, 2.45) is 0 Å². The molecule has 1 aromatic heterocycles. The van der Waals surface area contributed by atoms with Crippen molar-refractivity contribution < 1.29 is 22.6 Å². The quantitative estimate of drug-likeness (QED) is 0.568. The van der Waals surface area contributed by atoms with Gasteiger partial charge in [0.05, 0.1) is 11.6 Å². The third-order valence-electron chi connectivity index (χ3n) is 5.90. The number of aryl methyl sites for hydroxylation is 1. The van der Waals surface area contributed by atoms with Crippen molar-refractivity contribution in [1.82, 2.24) is 9.47 Å². The van der Waals surface area contributed by atoms with Crippen LogP contribution in [0, 0.1) is 0 Å². The summed E-state index contributed by atoms with van der Waals surface area (Å²) in [6.45, 7) is 3.46. The highest BCUT2D eigenvalue weighted by atomic mass is 19.4. The van der Waals surface area contributed by atoms with E-state index in [1.165, 1.54) is 12.1 Å². The van der Waals surface area contributed by atoms with Crippen LogP contribution in [0.5, 0.6) is 11.5 Å². The second kappa shape index (κ2) is 7.96. The highest BCUT2D eigenvalue weighted by Gasteiger charge is 2.32. The van der Waals surface area contributed by atoms with Gasteiger partial charge in [-0.2, -0.15) is 13.2 Å². The Hall–Kier alpha value is -2.93. The fourth-order valence-electron chi connectivity index (χ4n) is 4.47. The van der Waals surface area contributed by atoms with Crippen LogP contribution in [-0.2, 0) is 19.3 Å². The van der Waals surface area contributed by atoms with Crippen molar-refractivity contribution in [1.29, 1.82) is 0 Å². The van der Waals surface area contributed by atoms with E-state index in [1.54, 1.807) is 12.1 Å². The Labute approximate surface area is 178 Å². The number of fused-ring (bicyclic) bond motifs is 2. The molecule has 5 rings (SSSR count). The second-order valence-electron chi connectivity index (χ2n) is 7.95. The van der Waals surface area contributed by atoms with E-state index < -0.39 is 11.7 Å². The summed E-state index contributed by atoms with van der Waals surface area (Å²) in [4.78, 5) is 2.33. The lowest BCUT2D eigenvalue weighted by Crippen LogP contribution is -2.29. The molecule has 0 saturated heterocycles. The number of ether oxygens (including phenoxy) is 2. The summed E-state index contributed by atoms with van der Waals surface area (Å²) in [7, 11) is 0. The van der Waals surface area contributed by atoms with Gasteiger partial charge in [0, 0.05) is 31.5 Å². The van der Waals surface area contributed by atoms with Crippen molar-refractivity contribution in [2.45, 2.75) is 31.7 Å². The zero-order valence-electron chi connectivity index (χ0n) is 16.9. The molecule has 3 heterocycles. The molecule has 162 valence electrons. The van der Waals surface area contributed by atoms with Crippen LogP contribution >= 0.6 is 0 Å². The summed E-state index contributed by atoms with van der Waals surface area (Å²) in [6, 6.07) is 15.4. The first-order valence-corrected chi connectivity index (χ1v) is 10.4. The molecule has 1 unspecified atom stereocenters. The van der Waals surface area contributed by atoms with Crippen LogP contribution < -0.4 is 9.47 Å². The van der Waals surface area contributed by atoms with E-state index in [4.69, 9.17) is 9.47 Å². The second-order valence-corrected chi connectivity index (χ2v) is 7.95. The number of aromatic nitrogens is 1. The zero-order chi connectivity index (χ0) is 21.4. The van der Waals surface area contributed by atoms with Crippen LogP contribution in [-0.4, -0.2) is 29.2 Å². The fraction of sp³-hybridized carbons (Fsp3) is 0.333. The van der Waals surface area contributed by atoms with Gasteiger partial charge in [0.25, 0.3) is 0 Å². The van der Waals surface area contributed by atoms with Crippen molar-refractivity contribution in [3.63, 3.8) is 0 Å². The number of halogens is 3. The first kappa shape index (κ1) is 20.0. The SMILES string of the molecule is FC(F)(F)c1ccc(C2c3cccn3CCCN2Cc2ccc3c(c2)OCCO3)cc1. The minimum atomic E-state index is -4.34. The van der Waals surface area contributed by atoms with Crippen LogP contribution in [0.15, 0.2) is 60.8 Å². The van der Waals surface area contributed by atoms with Gasteiger partial charge in [-0.1, -0.05) is 18.2 Å². The lowest BCUT2D eigenvalue weighted by molar-refractivity contribution is -0.137. The normalized spacial score (nSPS) is 19.0. The molecule has 4 nitrogen and oxygen atoms in total. The summed E-state index contributed by atoms with van der Waals surface area (Å²) in [6.07, 6.45) is -1.34. The molecule has 1 atom stereocenters. The minimum Gasteiger partial charge on any atom is -0.486 e. The van der Waals surface area contributed by atoms with Crippen molar-refractivity contribution in [2.75, 3.05) is 19.8 Å². The van der Waals surface area contributed by atoms with Crippen LogP contribution in [0.25, 0.3) is 0 Å². The number of nitrogens with zero attached hydrogens (tertiary/aromatic N) is 2. The number of hydrogen-bond donors (Lipinski definition) is 0. The number of hydrogen-bond acceptors (Lipinski definition) is 3. The van der Waals surface area contributed by atoms with Gasteiger partial charge in [0.1, 0.15) is 13.2 Å². The molecular weight excluding hydrogens is 405 g/mol. The summed E-state index contributed by atoms with van der Waals surface area (Å²) < 4.78 is 52.8. The highest BCUT2D eigenvalue weighted by Crippen LogP contribution is 2.37. The van der Waals surface area contributed by atoms with Gasteiger partial charge in [0.15, 0.2) is 11.5 Å². The van der Waals surface area contributed by atoms with E-state index in [0.29, 0.717) is 19.8 Å². The standard InChI is InChI=1S/C24H23F3N2O2/c25-24(26,27)19-7-5-18(6-8-19)23-20-3-1-10-28(20)11-2-12-29(23)16-17-4-9-21-22(15-17)31-14-13-30-21/h1,3-10,15,23H,2,11-14,16H2. The molecule has 0 amide bonds. The van der Waals surface area contributed by atoms with Gasteiger partial charge in [-0.3, -0.25) is 4.90 Å². The Bertz CT molecular complexity index is 1060. The average Bonchev–Trinajstić information content (AvgIpc) is 3.14. The Morgan fingerprint density at radius 3 is 2.45 bits per heavy atom. The largest absolute Gasteiger partial charge is 0.486 e. The van der Waals surface area contributed by atoms with Crippen molar-refractivity contribution >= 4 is 0 Å². The lowest BCUT2D eigenvalue weighted by Gasteiger charge is -2.31. The molecule has 2 aromatic carbocycles. The molecular formula is C24H23F3N2O2. The summed E-state index contributed by atoms with van der Waals surface area (Å²) in [5.74, 6) is 1.49. The Kier molecular flexibility index (Phi) is 5.14. The Balaban J connectivity index is 1.49. The summed E-state index contributed by atoms with van der Waals surface area (Å²) in [5, 5.41) is 0. The Morgan fingerprint density at radius 1 is 0.903 bits per heavy atom. The van der Waals surface area contributed by atoms with E-state index in [2.05, 4.69) is 15.5 Å². The van der Waals surface area contributed by atoms with Gasteiger partial charge >= 0.3 is 6.18 Å². The zero-order valence-corrected chi connectivity index (χ0v) is 16.9. The molecule has 0 radical (unpaired) electrons. The van der Waals surface area contributed by atoms with E-state index >= 15 is 0 Å². The predicted octanol–water partition coefficient (Wildman–Crippen LogP) is 5.27. The Morgan fingerprint density at radius 2 is 1.68 bits per heavy atom. The first-order valence-electron chi connectivity index (χ1n) is 10.4. The van der Waals surface area contributed by atoms with Gasteiger partial charge in [0.2, 0.25) is 0 Å². The number of alkyl halides is 3. The van der Waals surface area contributed by atoms with Gasteiger partial charge in [-0.05, 0) is 53.9 Å². The predicted molar refractivity (Wildman–Crippen MR) is 110 cm³/mol. The molecule has 3 aromatic rings. The van der Waals surface area contributed by atoms with Gasteiger partial charge < -0.3 is 14.0 Å². The third-order valence-corrected chi connectivity index (χ3v) is 5.90. The molecule has 31 heavy (non-hydrogen) atoms. The van der Waals surface area contributed by atoms with Crippen LogP contribution in [0.3, 0.4) is 0 Å². The smallest absolute Gasteiger partial charge is 0.416 e. The topological polar surface area (TPSA) is 26.6 Å². The van der Waals surface area contributed by atoms with E-state index in [0.717, 1.165) is 47.8 Å². The van der Waals surface area contributed by atoms with E-state index in [9.17, 15) is 13.2 Å². The van der Waals surface area contributed by atoms with Crippen LogP contribution in [0.1, 0.15) is 34.8 Å². The molecule has 2 aliphatic heterocycles. The first-order chi connectivity index (χ1) is 15.0. The molecule has 7 heteroatoms. The number of benzene rings is 2. The summed E-state index contributed by atoms with van der Waals surface area (Å²) in [5.41, 5.74) is 2.40. The monoisotopic (exact) mass is 428 g/mol. The van der Waals surface area contributed by atoms with E-state index in [-0.39, 0.29) is 6.04 Å². The third kappa shape index (κ3) is 4.02. The summed E-state index contributed by atoms with van der Waals surface area (Å²) >= 11 is 0. The van der Waals surface area contributed by atoms with E-state index in [1.807, 2.05) is 30.5 Å². The maximum atomic E-state index is 13.1. The van der Waals surface area contributed by atoms with Crippen LogP contribution in [0.4, 0.5) is 13.2 Å². The molecule has 0 fully saturated rings. The molecule has 0 N–H and O–H groups in total. The van der Waals surface area contributed by atoms with Gasteiger partial charge in [-0.15, -0.1) is 0 Å². The van der Waals surface area contributed by atoms with Crippen molar-refractivity contribution in [3.8, 4) is 11.5 Å².